The van der Waals surface area contributed by atoms with Gasteiger partial charge in [0, 0.05) is 17.5 Å². The Labute approximate surface area is 159 Å². The number of unbranched alkanes of at least 4 members (excludes halogenated alkanes) is 2. The van der Waals surface area contributed by atoms with Gasteiger partial charge in [-0.3, -0.25) is 4.79 Å². The van der Waals surface area contributed by atoms with Crippen LogP contribution in [0.15, 0.2) is 24.8 Å². The van der Waals surface area contributed by atoms with Crippen LogP contribution in [0.1, 0.15) is 44.1 Å². The lowest BCUT2D eigenvalue weighted by Gasteiger charge is -2.38. The first-order valence-electron chi connectivity index (χ1n) is 9.69. The average Bonchev–Trinajstić information content (AvgIpc) is 3.02. The highest BCUT2D eigenvalue weighted by Gasteiger charge is 2.44. The second kappa shape index (κ2) is 8.74. The number of benzene rings is 1. The number of carbonyl (C=O) groups is 1. The molecule has 0 bridgehead atoms. The Kier molecular flexibility index (Phi) is 6.37. The first kappa shape index (κ1) is 19.7. The lowest BCUT2D eigenvalue weighted by molar-refractivity contribution is -0.137. The number of carboxylic acids is 1. The third kappa shape index (κ3) is 4.43. The van der Waals surface area contributed by atoms with Crippen LogP contribution in [0.2, 0.25) is 0 Å². The summed E-state index contributed by atoms with van der Waals surface area (Å²) < 4.78 is 26.2. The van der Waals surface area contributed by atoms with E-state index in [4.69, 9.17) is 14.6 Å². The molecule has 1 fully saturated rings. The van der Waals surface area contributed by atoms with Crippen LogP contribution in [0.3, 0.4) is 0 Å². The molecular weight excluding hydrogens is 349 g/mol. The number of hydrogen-bond donors (Lipinski definition) is 1. The van der Waals surface area contributed by atoms with Crippen LogP contribution in [0.4, 0.5) is 4.39 Å². The Morgan fingerprint density at radius 2 is 2.15 bits per heavy atom. The number of ether oxygens (including phenoxy) is 2. The molecule has 1 aromatic rings. The Hall–Kier alpha value is -2.08. The molecule has 27 heavy (non-hydrogen) atoms. The molecule has 1 saturated heterocycles. The highest BCUT2D eigenvalue weighted by atomic mass is 19.1. The topological polar surface area (TPSA) is 59.0 Å². The van der Waals surface area contributed by atoms with Gasteiger partial charge < -0.3 is 19.5 Å². The van der Waals surface area contributed by atoms with Crippen molar-refractivity contribution in [1.29, 1.82) is 0 Å². The van der Waals surface area contributed by atoms with Gasteiger partial charge in [-0.1, -0.05) is 12.1 Å². The molecule has 148 valence electrons. The number of rotatable bonds is 9. The van der Waals surface area contributed by atoms with E-state index in [1.54, 1.807) is 6.07 Å². The minimum absolute atomic E-state index is 0.155. The number of nitrogens with zero attached hydrogens (tertiary/aromatic N) is 1. The predicted octanol–water partition coefficient (Wildman–Crippen LogP) is 3.76. The summed E-state index contributed by atoms with van der Waals surface area (Å²) in [6.07, 6.45) is 6.50. The SMILES string of the molecule is C=CCCCCOc1ccc2c(c1F)OCC21CCN(CCC(=O)O)CC1. The number of likely N-dealkylation sites (tertiary alicyclic amines) is 1. The van der Waals surface area contributed by atoms with Crippen molar-refractivity contribution >= 4 is 5.97 Å². The maximum absolute atomic E-state index is 14.8. The Bertz CT molecular complexity index is 683. The zero-order valence-electron chi connectivity index (χ0n) is 15.7. The molecule has 0 aromatic heterocycles. The van der Waals surface area contributed by atoms with E-state index < -0.39 is 11.8 Å². The van der Waals surface area contributed by atoms with Gasteiger partial charge in [-0.25, -0.2) is 0 Å². The van der Waals surface area contributed by atoms with Gasteiger partial charge in [0.2, 0.25) is 5.82 Å². The minimum Gasteiger partial charge on any atom is -0.490 e. The van der Waals surface area contributed by atoms with E-state index in [0.29, 0.717) is 25.5 Å². The van der Waals surface area contributed by atoms with Crippen LogP contribution in [-0.4, -0.2) is 48.8 Å². The molecule has 1 N–H and O–H groups in total. The summed E-state index contributed by atoms with van der Waals surface area (Å²) in [5.74, 6) is -0.591. The molecule has 0 amide bonds. The third-order valence-electron chi connectivity index (χ3n) is 5.64. The Balaban J connectivity index is 1.61. The standard InChI is InChI=1S/C21H28FNO4/c1-2-3-4-5-14-26-17-7-6-16-20(19(17)22)27-15-21(16)9-12-23(13-10-21)11-8-18(24)25/h2,6-7H,1,3-5,8-15H2,(H,24,25). The second-order valence-electron chi connectivity index (χ2n) is 7.44. The highest BCUT2D eigenvalue weighted by molar-refractivity contribution is 5.66. The molecule has 0 radical (unpaired) electrons. The fraction of sp³-hybridized carbons (Fsp3) is 0.571. The van der Waals surface area contributed by atoms with Crippen LogP contribution in [-0.2, 0) is 10.2 Å². The van der Waals surface area contributed by atoms with Crippen LogP contribution < -0.4 is 9.47 Å². The van der Waals surface area contributed by atoms with Gasteiger partial charge in [-0.15, -0.1) is 6.58 Å². The van der Waals surface area contributed by atoms with Crippen LogP contribution in [0.5, 0.6) is 11.5 Å². The fourth-order valence-corrected chi connectivity index (χ4v) is 3.94. The zero-order chi connectivity index (χ0) is 19.3. The summed E-state index contributed by atoms with van der Waals surface area (Å²) in [7, 11) is 0. The Morgan fingerprint density at radius 3 is 2.85 bits per heavy atom. The van der Waals surface area contributed by atoms with Crippen molar-refractivity contribution in [3.05, 3.63) is 36.2 Å². The molecule has 2 aliphatic rings. The summed E-state index contributed by atoms with van der Waals surface area (Å²) in [5, 5.41) is 8.84. The monoisotopic (exact) mass is 377 g/mol. The van der Waals surface area contributed by atoms with E-state index in [-0.39, 0.29) is 17.6 Å². The quantitative estimate of drug-likeness (QED) is 0.524. The number of halogens is 1. The molecule has 1 spiro atoms. The molecule has 3 rings (SSSR count). The summed E-state index contributed by atoms with van der Waals surface area (Å²) in [4.78, 5) is 12.9. The number of allylic oxidation sites excluding steroid dienone is 1. The Morgan fingerprint density at radius 1 is 1.37 bits per heavy atom. The summed E-state index contributed by atoms with van der Waals surface area (Å²) in [5.41, 5.74) is 0.759. The van der Waals surface area contributed by atoms with E-state index in [0.717, 1.165) is 50.8 Å². The van der Waals surface area contributed by atoms with Crippen LogP contribution in [0, 0.1) is 5.82 Å². The maximum atomic E-state index is 14.8. The molecule has 5 nitrogen and oxygen atoms in total. The number of piperidine rings is 1. The fourth-order valence-electron chi connectivity index (χ4n) is 3.94. The number of fused-ring (bicyclic) bond motifs is 2. The molecule has 1 aromatic carbocycles. The lowest BCUT2D eigenvalue weighted by Crippen LogP contribution is -2.44. The lowest BCUT2D eigenvalue weighted by atomic mass is 9.74. The molecule has 0 atom stereocenters. The summed E-state index contributed by atoms with van der Waals surface area (Å²) in [6, 6.07) is 3.66. The largest absolute Gasteiger partial charge is 0.490 e. The van der Waals surface area contributed by atoms with Gasteiger partial charge >= 0.3 is 5.97 Å². The summed E-state index contributed by atoms with van der Waals surface area (Å²) in [6.45, 7) is 6.82. The van der Waals surface area contributed by atoms with Crippen LogP contribution >= 0.6 is 0 Å². The van der Waals surface area contributed by atoms with Crippen molar-refractivity contribution in [2.24, 2.45) is 0 Å². The van der Waals surface area contributed by atoms with E-state index in [2.05, 4.69) is 11.5 Å². The van der Waals surface area contributed by atoms with Gasteiger partial charge in [-0.05, 0) is 51.3 Å². The first-order chi connectivity index (χ1) is 13.1. The molecular formula is C21H28FNO4. The van der Waals surface area contributed by atoms with Crippen molar-refractivity contribution < 1.29 is 23.8 Å². The summed E-state index contributed by atoms with van der Waals surface area (Å²) >= 11 is 0. The van der Waals surface area contributed by atoms with E-state index in [9.17, 15) is 9.18 Å². The molecule has 2 aliphatic heterocycles. The van der Waals surface area contributed by atoms with E-state index in [1.807, 2.05) is 12.1 Å². The van der Waals surface area contributed by atoms with Crippen molar-refractivity contribution in [3.8, 4) is 11.5 Å². The molecule has 2 heterocycles. The van der Waals surface area contributed by atoms with Crippen molar-refractivity contribution in [1.82, 2.24) is 4.90 Å². The zero-order valence-corrected chi connectivity index (χ0v) is 15.7. The molecule has 0 aliphatic carbocycles. The molecule has 0 saturated carbocycles. The highest BCUT2D eigenvalue weighted by Crippen LogP contribution is 2.48. The average molecular weight is 377 g/mol. The van der Waals surface area contributed by atoms with Gasteiger partial charge in [0.05, 0.1) is 19.6 Å². The second-order valence-corrected chi connectivity index (χ2v) is 7.44. The first-order valence-corrected chi connectivity index (χ1v) is 9.69. The maximum Gasteiger partial charge on any atom is 0.304 e. The van der Waals surface area contributed by atoms with E-state index in [1.165, 1.54) is 0 Å². The predicted molar refractivity (Wildman–Crippen MR) is 101 cm³/mol. The van der Waals surface area contributed by atoms with Gasteiger partial charge in [-0.2, -0.15) is 4.39 Å². The van der Waals surface area contributed by atoms with Gasteiger partial charge in [0.25, 0.3) is 0 Å². The van der Waals surface area contributed by atoms with Crippen LogP contribution in [0.25, 0.3) is 0 Å². The smallest absolute Gasteiger partial charge is 0.304 e. The van der Waals surface area contributed by atoms with Crippen molar-refractivity contribution in [2.75, 3.05) is 32.8 Å². The van der Waals surface area contributed by atoms with Gasteiger partial charge in [0.1, 0.15) is 0 Å². The van der Waals surface area contributed by atoms with Crippen molar-refractivity contribution in [3.63, 3.8) is 0 Å². The number of hydrogen-bond acceptors (Lipinski definition) is 4. The van der Waals surface area contributed by atoms with Crippen molar-refractivity contribution in [2.45, 2.75) is 43.9 Å². The van der Waals surface area contributed by atoms with E-state index >= 15 is 0 Å². The van der Waals surface area contributed by atoms with Gasteiger partial charge in [0.15, 0.2) is 11.5 Å². The number of carboxylic acid groups (broad SMARTS) is 1. The minimum atomic E-state index is -0.774. The normalized spacial score (nSPS) is 18.1. The molecule has 0 unspecified atom stereocenters. The number of aliphatic carboxylic acids is 1. The molecule has 6 heteroatoms. The third-order valence-corrected chi connectivity index (χ3v) is 5.64.